The third-order valence-corrected chi connectivity index (χ3v) is 11.7. The molecule has 2 aliphatic heterocycles. The molecule has 1 aromatic rings. The predicted octanol–water partition coefficient (Wildman–Crippen LogP) is 2.49. The molecule has 11 heteroatoms. The van der Waals surface area contributed by atoms with E-state index in [0.29, 0.717) is 12.0 Å². The van der Waals surface area contributed by atoms with Gasteiger partial charge in [-0.15, -0.1) is 0 Å². The Labute approximate surface area is 249 Å². The molecule has 3 heterocycles. The minimum atomic E-state index is -2.20. The van der Waals surface area contributed by atoms with E-state index in [0.717, 1.165) is 0 Å². The van der Waals surface area contributed by atoms with E-state index in [2.05, 4.69) is 6.58 Å². The van der Waals surface area contributed by atoms with Crippen LogP contribution in [0.25, 0.3) is 0 Å². The molecule has 0 bridgehead atoms. The number of hydrogen-bond acceptors (Lipinski definition) is 11. The van der Waals surface area contributed by atoms with Crippen molar-refractivity contribution in [3.05, 3.63) is 47.6 Å². The molecule has 234 valence electrons. The first-order chi connectivity index (χ1) is 20.1. The Morgan fingerprint density at radius 3 is 2.53 bits per heavy atom. The molecule has 0 unspecified atom stereocenters. The van der Waals surface area contributed by atoms with E-state index in [9.17, 15) is 34.8 Å². The molecule has 2 saturated heterocycles. The van der Waals surface area contributed by atoms with Gasteiger partial charge in [0.25, 0.3) is 0 Å². The normalized spacial score (nSPS) is 44.8. The lowest BCUT2D eigenvalue weighted by Crippen LogP contribution is -2.68. The summed E-state index contributed by atoms with van der Waals surface area (Å²) in [6, 6.07) is 1.69. The topological polar surface area (TPSA) is 173 Å². The van der Waals surface area contributed by atoms with Gasteiger partial charge in [0.1, 0.15) is 23.6 Å². The van der Waals surface area contributed by atoms with Crippen molar-refractivity contribution in [2.45, 2.75) is 95.4 Å². The van der Waals surface area contributed by atoms with Gasteiger partial charge in [0, 0.05) is 36.0 Å². The van der Waals surface area contributed by atoms with Crippen LogP contribution in [0.1, 0.15) is 65.4 Å². The molecule has 0 spiro atoms. The van der Waals surface area contributed by atoms with Gasteiger partial charge in [-0.1, -0.05) is 40.7 Å². The highest BCUT2D eigenvalue weighted by molar-refractivity contribution is 5.97. The SMILES string of the molecule is C=C1[C@@H]2[C@@H](O[C@H]3CC(O)=C4C(=O)O[C@](C)(CO)[C@H]4[C@]32C)[C@H](OC(=O)[C@H](O)[C@H](C)CC)[C@@]2(C)[C@H](c3ccoc3)CC(=O)[C@]12O. The van der Waals surface area contributed by atoms with E-state index in [4.69, 9.17) is 18.6 Å². The van der Waals surface area contributed by atoms with Crippen molar-refractivity contribution >= 4 is 17.7 Å². The summed E-state index contributed by atoms with van der Waals surface area (Å²) in [7, 11) is 0. The lowest BCUT2D eigenvalue weighted by atomic mass is 9.47. The summed E-state index contributed by atoms with van der Waals surface area (Å²) in [5.74, 6) is -5.29. The number of aliphatic hydroxyl groups excluding tert-OH is 3. The van der Waals surface area contributed by atoms with Crippen LogP contribution in [0.5, 0.6) is 0 Å². The fraction of sp³-hybridized carbons (Fsp3) is 0.656. The van der Waals surface area contributed by atoms with Crippen molar-refractivity contribution in [3.8, 4) is 0 Å². The van der Waals surface area contributed by atoms with E-state index >= 15 is 0 Å². The molecule has 0 aromatic carbocycles. The summed E-state index contributed by atoms with van der Waals surface area (Å²) in [4.78, 5) is 40.6. The van der Waals surface area contributed by atoms with Crippen molar-refractivity contribution < 1.29 is 53.4 Å². The summed E-state index contributed by atoms with van der Waals surface area (Å²) in [5, 5.41) is 45.0. The lowest BCUT2D eigenvalue weighted by Gasteiger charge is -2.57. The predicted molar refractivity (Wildman–Crippen MR) is 148 cm³/mol. The zero-order valence-electron chi connectivity index (χ0n) is 25.0. The highest BCUT2D eigenvalue weighted by Gasteiger charge is 2.80. The van der Waals surface area contributed by atoms with Crippen LogP contribution < -0.4 is 0 Å². The highest BCUT2D eigenvalue weighted by Crippen LogP contribution is 2.72. The summed E-state index contributed by atoms with van der Waals surface area (Å²) in [6.45, 7) is 12.3. The number of esters is 2. The summed E-state index contributed by atoms with van der Waals surface area (Å²) in [5.41, 5.74) is -5.51. The van der Waals surface area contributed by atoms with Crippen LogP contribution in [0.15, 0.2) is 46.5 Å². The Morgan fingerprint density at radius 2 is 1.93 bits per heavy atom. The Morgan fingerprint density at radius 1 is 1.23 bits per heavy atom. The second-order valence-electron chi connectivity index (χ2n) is 13.7. The second-order valence-corrected chi connectivity index (χ2v) is 13.7. The summed E-state index contributed by atoms with van der Waals surface area (Å²) >= 11 is 0. The van der Waals surface area contributed by atoms with Crippen molar-refractivity contribution in [1.29, 1.82) is 0 Å². The molecule has 4 fully saturated rings. The molecule has 0 amide bonds. The van der Waals surface area contributed by atoms with Crippen LogP contribution in [-0.4, -0.2) is 80.4 Å². The molecule has 11 nitrogen and oxygen atoms in total. The Balaban J connectivity index is 1.55. The Hall–Kier alpha value is -2.99. The average Bonchev–Trinajstić information content (AvgIpc) is 3.71. The Bertz CT molecular complexity index is 1410. The molecule has 12 atom stereocenters. The van der Waals surface area contributed by atoms with Gasteiger partial charge >= 0.3 is 11.9 Å². The van der Waals surface area contributed by atoms with Gasteiger partial charge < -0.3 is 39.1 Å². The molecular weight excluding hydrogens is 560 g/mol. The molecule has 4 N–H and O–H groups in total. The first-order valence-electron chi connectivity index (χ1n) is 14.9. The molecule has 2 saturated carbocycles. The van der Waals surface area contributed by atoms with E-state index in [1.54, 1.807) is 26.8 Å². The average molecular weight is 601 g/mol. The molecule has 6 rings (SSSR count). The van der Waals surface area contributed by atoms with Gasteiger partial charge in [0.15, 0.2) is 17.5 Å². The number of ketones is 1. The fourth-order valence-corrected chi connectivity index (χ4v) is 9.20. The van der Waals surface area contributed by atoms with Crippen molar-refractivity contribution in [2.24, 2.45) is 28.6 Å². The fourth-order valence-electron chi connectivity index (χ4n) is 9.20. The number of carbonyl (C=O) groups is 3. The number of ether oxygens (including phenoxy) is 3. The van der Waals surface area contributed by atoms with Gasteiger partial charge in [-0.2, -0.15) is 0 Å². The molecule has 3 aliphatic carbocycles. The molecular formula is C32H40O11. The maximum absolute atomic E-state index is 14.0. The van der Waals surface area contributed by atoms with Crippen molar-refractivity contribution in [3.63, 3.8) is 0 Å². The van der Waals surface area contributed by atoms with E-state index in [1.165, 1.54) is 12.5 Å². The van der Waals surface area contributed by atoms with Crippen LogP contribution in [0.4, 0.5) is 0 Å². The zero-order valence-corrected chi connectivity index (χ0v) is 25.0. The zero-order chi connectivity index (χ0) is 31.4. The second kappa shape index (κ2) is 9.50. The number of carbonyl (C=O) groups excluding carboxylic acids is 3. The smallest absolute Gasteiger partial charge is 0.338 e. The summed E-state index contributed by atoms with van der Waals surface area (Å²) in [6.07, 6.45) is -1.26. The van der Waals surface area contributed by atoms with Crippen LogP contribution in [0.2, 0.25) is 0 Å². The molecule has 43 heavy (non-hydrogen) atoms. The molecule has 1 aromatic heterocycles. The van der Waals surface area contributed by atoms with Crippen molar-refractivity contribution in [2.75, 3.05) is 6.61 Å². The van der Waals surface area contributed by atoms with Gasteiger partial charge in [0.05, 0.1) is 36.2 Å². The number of rotatable bonds is 6. The molecule has 0 radical (unpaired) electrons. The van der Waals surface area contributed by atoms with E-state index in [-0.39, 0.29) is 29.7 Å². The van der Waals surface area contributed by atoms with Gasteiger partial charge in [-0.25, -0.2) is 9.59 Å². The number of hydrogen-bond donors (Lipinski definition) is 4. The van der Waals surface area contributed by atoms with E-state index < -0.39 is 94.4 Å². The first kappa shape index (κ1) is 30.1. The Kier molecular flexibility index (Phi) is 6.64. The van der Waals surface area contributed by atoms with Crippen LogP contribution in [-0.2, 0) is 28.6 Å². The van der Waals surface area contributed by atoms with Gasteiger partial charge in [-0.3, -0.25) is 4.79 Å². The van der Waals surface area contributed by atoms with Gasteiger partial charge in [0.2, 0.25) is 0 Å². The lowest BCUT2D eigenvalue weighted by molar-refractivity contribution is -0.212. The third kappa shape index (κ3) is 3.53. The number of furan rings is 1. The number of aliphatic hydroxyl groups is 4. The quantitative estimate of drug-likeness (QED) is 0.279. The maximum Gasteiger partial charge on any atom is 0.338 e. The standard InChI is InChI=1S/C32H40O11/c1-7-14(2)23(36)28(38)42-26-24-22(15(3)32(39)19(35)10-17(31(26,32)6)16-8-9-40-12-16)30(5)20(41-24)11-18(34)21-25(30)29(4,13-33)43-27(21)37/h8-9,12,14,17,20,22-26,33-34,36,39H,3,7,10-11,13H2,1-2,4-6H3/t14-,17+,20+,22-,23-,24-,25+,26+,29-,30-,31-,32-/m1/s1. The minimum absolute atomic E-state index is 0.0161. The summed E-state index contributed by atoms with van der Waals surface area (Å²) < 4.78 is 23.8. The van der Waals surface area contributed by atoms with Crippen LogP contribution >= 0.6 is 0 Å². The highest BCUT2D eigenvalue weighted by atomic mass is 16.6. The third-order valence-electron chi connectivity index (χ3n) is 11.7. The van der Waals surface area contributed by atoms with Crippen LogP contribution in [0.3, 0.4) is 0 Å². The van der Waals surface area contributed by atoms with Crippen molar-refractivity contribution in [1.82, 2.24) is 0 Å². The monoisotopic (exact) mass is 600 g/mol. The minimum Gasteiger partial charge on any atom is -0.512 e. The number of fused-ring (bicyclic) bond motifs is 6. The number of cyclic esters (lactones) is 1. The largest absolute Gasteiger partial charge is 0.512 e. The number of Topliss-reactive ketones (excluding diaryl/α,β-unsaturated/α-hetero) is 1. The van der Waals surface area contributed by atoms with E-state index in [1.807, 2.05) is 13.8 Å². The maximum atomic E-state index is 14.0. The first-order valence-corrected chi connectivity index (χ1v) is 14.9. The van der Waals surface area contributed by atoms with Gasteiger partial charge in [-0.05, 0) is 30.0 Å². The molecule has 5 aliphatic rings. The van der Waals surface area contributed by atoms with Crippen LogP contribution in [0, 0.1) is 28.6 Å².